The summed E-state index contributed by atoms with van der Waals surface area (Å²) in [6.07, 6.45) is 1.30. The van der Waals surface area contributed by atoms with E-state index in [1.54, 1.807) is 24.3 Å². The Labute approximate surface area is 101 Å². The summed E-state index contributed by atoms with van der Waals surface area (Å²) < 4.78 is 0. The smallest absolute Gasteiger partial charge is 0.342 e. The maximum absolute atomic E-state index is 11.4. The van der Waals surface area contributed by atoms with Gasteiger partial charge in [-0.3, -0.25) is 4.79 Å². The molecule has 86 valence electrons. The molecule has 6 heteroatoms. The van der Waals surface area contributed by atoms with Gasteiger partial charge in [-0.05, 0) is 17.7 Å². The van der Waals surface area contributed by atoms with E-state index in [1.165, 1.54) is 6.20 Å². The van der Waals surface area contributed by atoms with Crippen molar-refractivity contribution in [3.8, 4) is 11.1 Å². The van der Waals surface area contributed by atoms with Gasteiger partial charge in [0.05, 0.1) is 6.20 Å². The first-order valence-electron chi connectivity index (χ1n) is 4.66. The van der Waals surface area contributed by atoms with Crippen LogP contribution in [-0.2, 0) is 0 Å². The van der Waals surface area contributed by atoms with Gasteiger partial charge >= 0.3 is 5.97 Å². The third-order valence-corrected chi connectivity index (χ3v) is 2.48. The van der Waals surface area contributed by atoms with E-state index in [0.717, 1.165) is 0 Å². The number of aromatic amines is 1. The van der Waals surface area contributed by atoms with Crippen LogP contribution >= 0.6 is 11.6 Å². The normalized spacial score (nSPS) is 10.2. The lowest BCUT2D eigenvalue weighted by Crippen LogP contribution is -2.19. The first-order chi connectivity index (χ1) is 8.09. The fraction of sp³-hybridized carbons (Fsp3) is 0. The van der Waals surface area contributed by atoms with Crippen LogP contribution in [0.5, 0.6) is 0 Å². The highest BCUT2D eigenvalue weighted by Crippen LogP contribution is 2.22. The maximum Gasteiger partial charge on any atom is 0.342 e. The van der Waals surface area contributed by atoms with Crippen LogP contribution in [0.1, 0.15) is 10.4 Å². The van der Waals surface area contributed by atoms with Crippen LogP contribution in [0.25, 0.3) is 11.1 Å². The van der Waals surface area contributed by atoms with E-state index in [-0.39, 0.29) is 11.1 Å². The summed E-state index contributed by atoms with van der Waals surface area (Å²) in [6.45, 7) is 0. The Balaban J connectivity index is 2.67. The molecule has 2 aromatic rings. The van der Waals surface area contributed by atoms with Crippen molar-refractivity contribution in [1.29, 1.82) is 0 Å². The second-order valence-electron chi connectivity index (χ2n) is 3.30. The molecule has 0 aliphatic carbocycles. The molecule has 0 aliphatic rings. The quantitative estimate of drug-likeness (QED) is 0.851. The minimum absolute atomic E-state index is 0.262. The summed E-state index contributed by atoms with van der Waals surface area (Å²) >= 11 is 5.73. The van der Waals surface area contributed by atoms with Crippen LogP contribution in [0.2, 0.25) is 5.02 Å². The van der Waals surface area contributed by atoms with E-state index in [1.807, 2.05) is 0 Å². The van der Waals surface area contributed by atoms with Gasteiger partial charge in [0, 0.05) is 10.6 Å². The molecule has 0 atom stereocenters. The number of carbonyl (C=O) groups is 1. The highest BCUT2D eigenvalue weighted by atomic mass is 35.5. The van der Waals surface area contributed by atoms with Gasteiger partial charge < -0.3 is 5.11 Å². The molecule has 0 unspecified atom stereocenters. The number of carboxylic acid groups (broad SMARTS) is 1. The average molecular weight is 251 g/mol. The summed E-state index contributed by atoms with van der Waals surface area (Å²) in [5.74, 6) is -1.29. The molecule has 0 saturated carbocycles. The molecule has 1 aromatic heterocycles. The van der Waals surface area contributed by atoms with Crippen molar-refractivity contribution in [3.63, 3.8) is 0 Å². The van der Waals surface area contributed by atoms with Crippen molar-refractivity contribution < 1.29 is 9.90 Å². The summed E-state index contributed by atoms with van der Waals surface area (Å²) in [5, 5.41) is 15.2. The Bertz CT molecular complexity index is 619. The first-order valence-corrected chi connectivity index (χ1v) is 5.04. The Hall–Kier alpha value is -2.14. The van der Waals surface area contributed by atoms with Gasteiger partial charge in [-0.2, -0.15) is 5.10 Å². The number of halogens is 1. The van der Waals surface area contributed by atoms with Crippen LogP contribution in [0, 0.1) is 0 Å². The summed E-state index contributed by atoms with van der Waals surface area (Å²) in [6, 6.07) is 6.49. The minimum atomic E-state index is -1.29. The van der Waals surface area contributed by atoms with Crippen molar-refractivity contribution in [1.82, 2.24) is 10.2 Å². The molecule has 17 heavy (non-hydrogen) atoms. The standard InChI is InChI=1S/C11H7ClN2O3/c12-7-3-1-6(2-4-7)8-5-13-14-10(15)9(8)11(16)17/h1-5H,(H,14,15)(H,16,17). The number of hydrogen-bond acceptors (Lipinski definition) is 3. The van der Waals surface area contributed by atoms with Crippen LogP contribution in [0.4, 0.5) is 0 Å². The number of aromatic nitrogens is 2. The molecule has 5 nitrogen and oxygen atoms in total. The van der Waals surface area contributed by atoms with Crippen molar-refractivity contribution in [2.24, 2.45) is 0 Å². The fourth-order valence-corrected chi connectivity index (χ4v) is 1.58. The number of nitrogens with one attached hydrogen (secondary N) is 1. The largest absolute Gasteiger partial charge is 0.477 e. The van der Waals surface area contributed by atoms with E-state index < -0.39 is 11.5 Å². The number of rotatable bonds is 2. The van der Waals surface area contributed by atoms with Gasteiger partial charge in [-0.15, -0.1) is 0 Å². The second kappa shape index (κ2) is 4.39. The average Bonchev–Trinajstić information content (AvgIpc) is 2.29. The summed E-state index contributed by atoms with van der Waals surface area (Å²) in [5.41, 5.74) is -0.226. The molecule has 2 rings (SSSR count). The van der Waals surface area contributed by atoms with Gasteiger partial charge in [0.25, 0.3) is 5.56 Å². The zero-order valence-corrected chi connectivity index (χ0v) is 9.23. The van der Waals surface area contributed by atoms with Gasteiger partial charge in [-0.25, -0.2) is 9.89 Å². The number of benzene rings is 1. The molecule has 0 aliphatic heterocycles. The first kappa shape index (κ1) is 11.3. The predicted octanol–water partition coefficient (Wildman–Crippen LogP) is 1.79. The van der Waals surface area contributed by atoms with Gasteiger partial charge in [0.15, 0.2) is 0 Å². The lowest BCUT2D eigenvalue weighted by atomic mass is 10.0. The molecule has 0 spiro atoms. The Morgan fingerprint density at radius 2 is 1.94 bits per heavy atom. The lowest BCUT2D eigenvalue weighted by molar-refractivity contribution is 0.0695. The monoisotopic (exact) mass is 250 g/mol. The van der Waals surface area contributed by atoms with E-state index in [2.05, 4.69) is 10.2 Å². The van der Waals surface area contributed by atoms with Gasteiger partial charge in [-0.1, -0.05) is 23.7 Å². The molecule has 0 saturated heterocycles. The minimum Gasteiger partial charge on any atom is -0.477 e. The van der Waals surface area contributed by atoms with E-state index >= 15 is 0 Å². The van der Waals surface area contributed by atoms with Crippen molar-refractivity contribution >= 4 is 17.6 Å². The number of aromatic carboxylic acids is 1. The van der Waals surface area contributed by atoms with E-state index in [9.17, 15) is 9.59 Å². The van der Waals surface area contributed by atoms with E-state index in [0.29, 0.717) is 10.6 Å². The molecule has 1 aromatic carbocycles. The molecular weight excluding hydrogens is 244 g/mol. The lowest BCUT2D eigenvalue weighted by Gasteiger charge is -2.04. The molecular formula is C11H7ClN2O3. The summed E-state index contributed by atoms with van der Waals surface area (Å²) in [4.78, 5) is 22.4. The SMILES string of the molecule is O=C(O)c1c(-c2ccc(Cl)cc2)cn[nH]c1=O. The van der Waals surface area contributed by atoms with E-state index in [4.69, 9.17) is 16.7 Å². The number of nitrogens with zero attached hydrogens (tertiary/aromatic N) is 1. The fourth-order valence-electron chi connectivity index (χ4n) is 1.46. The molecule has 0 amide bonds. The Morgan fingerprint density at radius 1 is 1.29 bits per heavy atom. The highest BCUT2D eigenvalue weighted by molar-refractivity contribution is 6.30. The molecule has 0 bridgehead atoms. The number of carboxylic acids is 1. The Kier molecular flexibility index (Phi) is 2.93. The number of hydrogen-bond donors (Lipinski definition) is 2. The van der Waals surface area contributed by atoms with Crippen LogP contribution in [0.15, 0.2) is 35.3 Å². The Morgan fingerprint density at radius 3 is 2.53 bits per heavy atom. The zero-order chi connectivity index (χ0) is 12.4. The van der Waals surface area contributed by atoms with Crippen molar-refractivity contribution in [2.75, 3.05) is 0 Å². The highest BCUT2D eigenvalue weighted by Gasteiger charge is 2.16. The van der Waals surface area contributed by atoms with Gasteiger partial charge in [0.2, 0.25) is 0 Å². The van der Waals surface area contributed by atoms with Crippen molar-refractivity contribution in [3.05, 3.63) is 51.4 Å². The third-order valence-electron chi connectivity index (χ3n) is 2.23. The molecule has 0 radical (unpaired) electrons. The summed E-state index contributed by atoms with van der Waals surface area (Å²) in [7, 11) is 0. The predicted molar refractivity (Wildman–Crippen MR) is 62.3 cm³/mol. The topological polar surface area (TPSA) is 83.0 Å². The third kappa shape index (κ3) is 2.19. The molecule has 0 fully saturated rings. The van der Waals surface area contributed by atoms with Crippen LogP contribution in [-0.4, -0.2) is 21.3 Å². The number of H-pyrrole nitrogens is 1. The van der Waals surface area contributed by atoms with Gasteiger partial charge in [0.1, 0.15) is 5.56 Å². The maximum atomic E-state index is 11.4. The second-order valence-corrected chi connectivity index (χ2v) is 3.74. The molecule has 1 heterocycles. The molecule has 2 N–H and O–H groups in total. The zero-order valence-electron chi connectivity index (χ0n) is 8.48. The van der Waals surface area contributed by atoms with Crippen molar-refractivity contribution in [2.45, 2.75) is 0 Å². The van der Waals surface area contributed by atoms with Crippen LogP contribution in [0.3, 0.4) is 0 Å². The van der Waals surface area contributed by atoms with Crippen LogP contribution < -0.4 is 5.56 Å².